The van der Waals surface area contributed by atoms with Crippen LogP contribution in [0.15, 0.2) is 17.3 Å². The van der Waals surface area contributed by atoms with E-state index in [4.69, 9.17) is 5.73 Å². The predicted molar refractivity (Wildman–Crippen MR) is 55.4 cm³/mol. The summed E-state index contributed by atoms with van der Waals surface area (Å²) < 4.78 is 0. The average molecular weight is 168 g/mol. The highest BCUT2D eigenvalue weighted by molar-refractivity contribution is 5.70. The van der Waals surface area contributed by atoms with Gasteiger partial charge in [-0.1, -0.05) is 20.8 Å². The standard InChI is InChI=1S/C10H20N2/c1-4-10(8-9(2)3)12-7-5-6-11/h5-7,9-10H,4,8,11H2,1-3H3/b6-5-,12-7?. The van der Waals surface area contributed by atoms with Crippen LogP contribution in [-0.4, -0.2) is 12.3 Å². The Morgan fingerprint density at radius 1 is 1.42 bits per heavy atom. The minimum atomic E-state index is 0.459. The Labute approximate surface area is 75.6 Å². The molecule has 0 aromatic rings. The first-order valence-electron chi connectivity index (χ1n) is 4.60. The van der Waals surface area contributed by atoms with E-state index in [1.165, 1.54) is 6.20 Å². The number of hydrogen-bond acceptors (Lipinski definition) is 2. The van der Waals surface area contributed by atoms with E-state index in [-0.39, 0.29) is 0 Å². The van der Waals surface area contributed by atoms with Crippen LogP contribution in [0.1, 0.15) is 33.6 Å². The summed E-state index contributed by atoms with van der Waals surface area (Å²) in [5.41, 5.74) is 5.19. The molecule has 0 bridgehead atoms. The maximum Gasteiger partial charge on any atom is 0.0499 e. The SMILES string of the molecule is CCC(CC(C)C)N=C/C=C\N. The van der Waals surface area contributed by atoms with Crippen molar-refractivity contribution in [1.82, 2.24) is 0 Å². The van der Waals surface area contributed by atoms with Crippen LogP contribution in [0.3, 0.4) is 0 Å². The first-order valence-corrected chi connectivity index (χ1v) is 4.60. The Kier molecular flexibility index (Phi) is 6.44. The zero-order chi connectivity index (χ0) is 9.40. The molecule has 0 aliphatic rings. The molecule has 0 rings (SSSR count). The first-order chi connectivity index (χ1) is 5.70. The minimum Gasteiger partial charge on any atom is -0.405 e. The predicted octanol–water partition coefficient (Wildman–Crippen LogP) is 2.35. The van der Waals surface area contributed by atoms with Crippen molar-refractivity contribution >= 4 is 6.21 Å². The van der Waals surface area contributed by atoms with Gasteiger partial charge in [-0.25, -0.2) is 0 Å². The van der Waals surface area contributed by atoms with E-state index < -0.39 is 0 Å². The molecule has 0 aliphatic carbocycles. The average Bonchev–Trinajstić information content (AvgIpc) is 2.02. The summed E-state index contributed by atoms with van der Waals surface area (Å²) in [7, 11) is 0. The third-order valence-corrected chi connectivity index (χ3v) is 1.71. The molecule has 0 aromatic carbocycles. The smallest absolute Gasteiger partial charge is 0.0499 e. The molecule has 70 valence electrons. The minimum absolute atomic E-state index is 0.459. The van der Waals surface area contributed by atoms with Crippen molar-refractivity contribution in [1.29, 1.82) is 0 Å². The van der Waals surface area contributed by atoms with Crippen LogP contribution in [0.5, 0.6) is 0 Å². The highest BCUT2D eigenvalue weighted by atomic mass is 14.8. The van der Waals surface area contributed by atoms with Crippen molar-refractivity contribution in [3.05, 3.63) is 12.3 Å². The second kappa shape index (κ2) is 6.89. The van der Waals surface area contributed by atoms with Gasteiger partial charge in [-0.05, 0) is 31.0 Å². The molecule has 0 aliphatic heterocycles. The summed E-state index contributed by atoms with van der Waals surface area (Å²) in [6.45, 7) is 6.60. The molecule has 0 spiro atoms. The largest absolute Gasteiger partial charge is 0.405 e. The molecule has 1 unspecified atom stereocenters. The summed E-state index contributed by atoms with van der Waals surface area (Å²) in [5, 5.41) is 0. The lowest BCUT2D eigenvalue weighted by atomic mass is 10.0. The third kappa shape index (κ3) is 5.96. The van der Waals surface area contributed by atoms with Gasteiger partial charge in [-0.15, -0.1) is 0 Å². The maximum atomic E-state index is 5.19. The van der Waals surface area contributed by atoms with Gasteiger partial charge in [0.25, 0.3) is 0 Å². The van der Waals surface area contributed by atoms with Crippen LogP contribution in [-0.2, 0) is 0 Å². The number of nitrogens with zero attached hydrogens (tertiary/aromatic N) is 1. The van der Waals surface area contributed by atoms with Crippen molar-refractivity contribution in [3.63, 3.8) is 0 Å². The molecule has 0 aromatic heterocycles. The summed E-state index contributed by atoms with van der Waals surface area (Å²) in [4.78, 5) is 4.38. The Bertz CT molecular complexity index is 148. The quantitative estimate of drug-likeness (QED) is 0.629. The number of rotatable bonds is 5. The molecule has 0 saturated carbocycles. The van der Waals surface area contributed by atoms with Gasteiger partial charge in [-0.2, -0.15) is 0 Å². The van der Waals surface area contributed by atoms with Crippen LogP contribution in [0.2, 0.25) is 0 Å². The molecule has 2 heteroatoms. The molecule has 2 nitrogen and oxygen atoms in total. The fourth-order valence-electron chi connectivity index (χ4n) is 1.10. The Morgan fingerprint density at radius 2 is 2.08 bits per heavy atom. The fraction of sp³-hybridized carbons (Fsp3) is 0.700. The van der Waals surface area contributed by atoms with Gasteiger partial charge in [0, 0.05) is 12.3 Å². The molecule has 2 N–H and O–H groups in total. The lowest BCUT2D eigenvalue weighted by molar-refractivity contribution is 0.489. The second-order valence-electron chi connectivity index (χ2n) is 3.37. The highest BCUT2D eigenvalue weighted by Gasteiger charge is 2.04. The van der Waals surface area contributed by atoms with Crippen LogP contribution >= 0.6 is 0 Å². The highest BCUT2D eigenvalue weighted by Crippen LogP contribution is 2.10. The van der Waals surface area contributed by atoms with E-state index in [0.717, 1.165) is 12.8 Å². The van der Waals surface area contributed by atoms with E-state index in [2.05, 4.69) is 25.8 Å². The number of aliphatic imine (C=N–C) groups is 1. The van der Waals surface area contributed by atoms with Gasteiger partial charge in [0.2, 0.25) is 0 Å². The van der Waals surface area contributed by atoms with Crippen LogP contribution < -0.4 is 5.73 Å². The molecule has 0 heterocycles. The van der Waals surface area contributed by atoms with Gasteiger partial charge >= 0.3 is 0 Å². The van der Waals surface area contributed by atoms with Crippen molar-refractivity contribution in [2.24, 2.45) is 16.6 Å². The topological polar surface area (TPSA) is 38.4 Å². The number of allylic oxidation sites excluding steroid dienone is 1. The Balaban J connectivity index is 3.81. The summed E-state index contributed by atoms with van der Waals surface area (Å²) in [5.74, 6) is 0.717. The molecule has 0 fully saturated rings. The monoisotopic (exact) mass is 168 g/mol. The van der Waals surface area contributed by atoms with Gasteiger partial charge in [0.1, 0.15) is 0 Å². The van der Waals surface area contributed by atoms with Gasteiger partial charge in [0.05, 0.1) is 0 Å². The van der Waals surface area contributed by atoms with E-state index in [1.807, 2.05) is 0 Å². The van der Waals surface area contributed by atoms with Gasteiger partial charge < -0.3 is 5.73 Å². The van der Waals surface area contributed by atoms with Crippen molar-refractivity contribution in [3.8, 4) is 0 Å². The van der Waals surface area contributed by atoms with E-state index in [1.54, 1.807) is 12.3 Å². The van der Waals surface area contributed by atoms with Crippen LogP contribution in [0.25, 0.3) is 0 Å². The van der Waals surface area contributed by atoms with Crippen molar-refractivity contribution in [2.75, 3.05) is 0 Å². The first kappa shape index (κ1) is 11.2. The van der Waals surface area contributed by atoms with Gasteiger partial charge in [-0.3, -0.25) is 4.99 Å². The molecule has 0 radical (unpaired) electrons. The fourth-order valence-corrected chi connectivity index (χ4v) is 1.10. The summed E-state index contributed by atoms with van der Waals surface area (Å²) in [6.07, 6.45) is 7.32. The zero-order valence-corrected chi connectivity index (χ0v) is 8.33. The molecule has 0 saturated heterocycles. The van der Waals surface area contributed by atoms with Crippen LogP contribution in [0, 0.1) is 5.92 Å². The molecule has 0 amide bonds. The normalized spacial score (nSPS) is 15.0. The third-order valence-electron chi connectivity index (χ3n) is 1.71. The summed E-state index contributed by atoms with van der Waals surface area (Å²) in [6, 6.07) is 0.459. The Morgan fingerprint density at radius 3 is 2.50 bits per heavy atom. The maximum absolute atomic E-state index is 5.19. The molecular weight excluding hydrogens is 148 g/mol. The molecular formula is C10H20N2. The number of hydrogen-bond donors (Lipinski definition) is 1. The summed E-state index contributed by atoms with van der Waals surface area (Å²) >= 11 is 0. The van der Waals surface area contributed by atoms with E-state index in [0.29, 0.717) is 12.0 Å². The van der Waals surface area contributed by atoms with Crippen molar-refractivity contribution in [2.45, 2.75) is 39.7 Å². The van der Waals surface area contributed by atoms with Gasteiger partial charge in [0.15, 0.2) is 0 Å². The van der Waals surface area contributed by atoms with Crippen molar-refractivity contribution < 1.29 is 0 Å². The van der Waals surface area contributed by atoms with E-state index >= 15 is 0 Å². The zero-order valence-electron chi connectivity index (χ0n) is 8.33. The van der Waals surface area contributed by atoms with Crippen LogP contribution in [0.4, 0.5) is 0 Å². The number of nitrogens with two attached hydrogens (primary N) is 1. The Hall–Kier alpha value is -0.790. The molecule has 1 atom stereocenters. The molecule has 12 heavy (non-hydrogen) atoms. The van der Waals surface area contributed by atoms with E-state index in [9.17, 15) is 0 Å². The lowest BCUT2D eigenvalue weighted by Crippen LogP contribution is -2.06. The lowest BCUT2D eigenvalue weighted by Gasteiger charge is -2.11. The second-order valence-corrected chi connectivity index (χ2v) is 3.37.